The average molecular weight is 254 g/mol. The van der Waals surface area contributed by atoms with E-state index < -0.39 is 0 Å². The summed E-state index contributed by atoms with van der Waals surface area (Å²) in [5, 5.41) is 3.25. The van der Waals surface area contributed by atoms with Crippen molar-refractivity contribution in [3.05, 3.63) is 30.1 Å². The van der Waals surface area contributed by atoms with Gasteiger partial charge in [-0.15, -0.1) is 0 Å². The van der Waals surface area contributed by atoms with Gasteiger partial charge in [0.15, 0.2) is 0 Å². The van der Waals surface area contributed by atoms with Gasteiger partial charge in [0.25, 0.3) is 0 Å². The summed E-state index contributed by atoms with van der Waals surface area (Å²) < 4.78 is 0.919. The van der Waals surface area contributed by atoms with Crippen LogP contribution in [0.4, 0.5) is 0 Å². The minimum absolute atomic E-state index is 0.919. The third kappa shape index (κ3) is 6.08. The maximum Gasteiger partial charge on any atom is 0.133 e. The minimum Gasteiger partial charge on any atom is -0.371 e. The highest BCUT2D eigenvalue weighted by Gasteiger charge is 1.97. The lowest BCUT2D eigenvalue weighted by Crippen LogP contribution is -2.19. The van der Waals surface area contributed by atoms with Crippen molar-refractivity contribution < 1.29 is 0 Å². The number of hydrogen-bond donors (Lipinski definition) is 1. The van der Waals surface area contributed by atoms with Crippen LogP contribution in [-0.4, -0.2) is 21.6 Å². The topological polar surface area (TPSA) is 24.9 Å². The molecule has 1 heterocycles. The second-order valence-electron chi connectivity index (χ2n) is 3.52. The first-order valence-electron chi connectivity index (χ1n) is 5.62. The van der Waals surface area contributed by atoms with Gasteiger partial charge in [0.1, 0.15) is 4.32 Å². The highest BCUT2D eigenvalue weighted by atomic mass is 32.2. The van der Waals surface area contributed by atoms with E-state index in [0.29, 0.717) is 0 Å². The maximum absolute atomic E-state index is 5.22. The number of hydrogen-bond acceptors (Lipinski definition) is 3. The molecule has 0 aliphatic heterocycles. The van der Waals surface area contributed by atoms with Crippen LogP contribution in [0.3, 0.4) is 0 Å². The van der Waals surface area contributed by atoms with Crippen molar-refractivity contribution in [2.24, 2.45) is 0 Å². The molecule has 0 amide bonds. The number of thioether (sulfide) groups is 1. The molecule has 0 aliphatic rings. The molecule has 0 spiro atoms. The molecule has 0 saturated heterocycles. The second-order valence-corrected chi connectivity index (χ2v) is 5.29. The molecular weight excluding hydrogens is 236 g/mol. The number of nitrogens with one attached hydrogen (secondary N) is 1. The van der Waals surface area contributed by atoms with Gasteiger partial charge < -0.3 is 5.32 Å². The Kier molecular flexibility index (Phi) is 7.17. The Morgan fingerprint density at radius 3 is 2.88 bits per heavy atom. The summed E-state index contributed by atoms with van der Waals surface area (Å²) in [5.41, 5.74) is 1.32. The minimum atomic E-state index is 0.919. The highest BCUT2D eigenvalue weighted by Crippen LogP contribution is 2.07. The van der Waals surface area contributed by atoms with Crippen molar-refractivity contribution in [1.82, 2.24) is 10.3 Å². The summed E-state index contributed by atoms with van der Waals surface area (Å²) in [6.45, 7) is 3.18. The third-order valence-electron chi connectivity index (χ3n) is 2.17. The van der Waals surface area contributed by atoms with Crippen LogP contribution < -0.4 is 5.32 Å². The smallest absolute Gasteiger partial charge is 0.133 e. The monoisotopic (exact) mass is 254 g/mol. The fourth-order valence-electron chi connectivity index (χ4n) is 1.23. The van der Waals surface area contributed by atoms with Gasteiger partial charge in [0, 0.05) is 24.7 Å². The van der Waals surface area contributed by atoms with Crippen LogP contribution in [0.25, 0.3) is 0 Å². The van der Waals surface area contributed by atoms with Crippen molar-refractivity contribution in [2.45, 2.75) is 26.2 Å². The Labute approximate surface area is 107 Å². The van der Waals surface area contributed by atoms with Crippen molar-refractivity contribution in [3.63, 3.8) is 0 Å². The van der Waals surface area contributed by atoms with Crippen molar-refractivity contribution in [1.29, 1.82) is 0 Å². The summed E-state index contributed by atoms with van der Waals surface area (Å²) in [5.74, 6) is 1.03. The quantitative estimate of drug-likeness (QED) is 0.623. The number of aromatic nitrogens is 1. The van der Waals surface area contributed by atoms with Gasteiger partial charge in [-0.3, -0.25) is 4.98 Å². The van der Waals surface area contributed by atoms with E-state index in [1.54, 1.807) is 11.8 Å². The van der Waals surface area contributed by atoms with Gasteiger partial charge in [-0.2, -0.15) is 0 Å². The lowest BCUT2D eigenvalue weighted by atomic mass is 10.2. The van der Waals surface area contributed by atoms with E-state index >= 15 is 0 Å². The van der Waals surface area contributed by atoms with Gasteiger partial charge in [-0.1, -0.05) is 37.3 Å². The molecule has 0 aliphatic carbocycles. The van der Waals surface area contributed by atoms with Crippen LogP contribution in [0.5, 0.6) is 0 Å². The lowest BCUT2D eigenvalue weighted by Gasteiger charge is -2.06. The Bertz CT molecular complexity index is 301. The van der Waals surface area contributed by atoms with Crippen molar-refractivity contribution in [3.8, 4) is 0 Å². The molecule has 1 aromatic heterocycles. The van der Waals surface area contributed by atoms with Gasteiger partial charge in [0.2, 0.25) is 0 Å². The summed E-state index contributed by atoms with van der Waals surface area (Å²) >= 11 is 6.94. The largest absolute Gasteiger partial charge is 0.371 e. The molecule has 2 nitrogen and oxygen atoms in total. The second kappa shape index (κ2) is 8.53. The first-order valence-corrected chi connectivity index (χ1v) is 7.02. The lowest BCUT2D eigenvalue weighted by molar-refractivity contribution is 0.762. The molecule has 1 aromatic rings. The van der Waals surface area contributed by atoms with E-state index in [9.17, 15) is 0 Å². The first-order chi connectivity index (χ1) is 7.83. The van der Waals surface area contributed by atoms with E-state index in [4.69, 9.17) is 12.2 Å². The molecule has 0 atom stereocenters. The van der Waals surface area contributed by atoms with E-state index in [1.165, 1.54) is 18.4 Å². The zero-order valence-corrected chi connectivity index (χ0v) is 11.2. The zero-order chi connectivity index (χ0) is 11.6. The number of thiocarbonyl (C=S) groups is 1. The summed E-state index contributed by atoms with van der Waals surface area (Å²) in [4.78, 5) is 3.99. The van der Waals surface area contributed by atoms with E-state index in [1.807, 2.05) is 24.5 Å². The number of pyridine rings is 1. The highest BCUT2D eigenvalue weighted by molar-refractivity contribution is 8.22. The normalized spacial score (nSPS) is 10.1. The maximum atomic E-state index is 5.22. The number of nitrogens with zero attached hydrogens (tertiary/aromatic N) is 1. The number of rotatable bonds is 6. The van der Waals surface area contributed by atoms with Crippen LogP contribution in [-0.2, 0) is 6.42 Å². The standard InChI is InChI=1S/C12H18N2S2/c1-2-3-7-14-12(15)16-10-6-11-4-8-13-9-5-11/h4-5,8-9H,2-3,6-7,10H2,1H3,(H,14,15). The number of unbranched alkanes of at least 4 members (excludes halogenated alkanes) is 1. The van der Waals surface area contributed by atoms with Crippen LogP contribution in [0.1, 0.15) is 25.3 Å². The third-order valence-corrected chi connectivity index (χ3v) is 3.49. The molecule has 1 N–H and O–H groups in total. The molecule has 1 rings (SSSR count). The zero-order valence-electron chi connectivity index (χ0n) is 9.61. The average Bonchev–Trinajstić information content (AvgIpc) is 2.31. The van der Waals surface area contributed by atoms with Crippen molar-refractivity contribution in [2.75, 3.05) is 12.3 Å². The van der Waals surface area contributed by atoms with Crippen LogP contribution in [0.2, 0.25) is 0 Å². The van der Waals surface area contributed by atoms with Gasteiger partial charge in [-0.25, -0.2) is 0 Å². The van der Waals surface area contributed by atoms with E-state index in [-0.39, 0.29) is 0 Å². The van der Waals surface area contributed by atoms with Crippen molar-refractivity contribution >= 4 is 28.3 Å². The Morgan fingerprint density at radius 2 is 2.19 bits per heavy atom. The Morgan fingerprint density at radius 1 is 1.44 bits per heavy atom. The predicted molar refractivity (Wildman–Crippen MR) is 75.9 cm³/mol. The fraction of sp³-hybridized carbons (Fsp3) is 0.500. The first kappa shape index (κ1) is 13.5. The van der Waals surface area contributed by atoms with Crippen LogP contribution in [0.15, 0.2) is 24.5 Å². The molecular formula is C12H18N2S2. The molecule has 88 valence electrons. The van der Waals surface area contributed by atoms with E-state index in [0.717, 1.165) is 23.0 Å². The molecule has 0 radical (unpaired) electrons. The van der Waals surface area contributed by atoms with Gasteiger partial charge in [-0.05, 0) is 30.5 Å². The number of aryl methyl sites for hydroxylation is 1. The van der Waals surface area contributed by atoms with Gasteiger partial charge in [0.05, 0.1) is 0 Å². The Balaban J connectivity index is 2.09. The predicted octanol–water partition coefficient (Wildman–Crippen LogP) is 3.03. The molecule has 4 heteroatoms. The molecule has 16 heavy (non-hydrogen) atoms. The molecule has 0 saturated carbocycles. The fourth-order valence-corrected chi connectivity index (χ4v) is 2.31. The molecule has 0 unspecified atom stereocenters. The Hall–Kier alpha value is -0.610. The molecule has 0 fully saturated rings. The summed E-state index contributed by atoms with van der Waals surface area (Å²) in [6.07, 6.45) is 7.10. The SMILES string of the molecule is CCCCNC(=S)SCCc1ccncc1. The molecule has 0 bridgehead atoms. The van der Waals surface area contributed by atoms with Crippen LogP contribution in [0, 0.1) is 0 Å². The van der Waals surface area contributed by atoms with E-state index in [2.05, 4.69) is 17.2 Å². The van der Waals surface area contributed by atoms with Gasteiger partial charge >= 0.3 is 0 Å². The summed E-state index contributed by atoms with van der Waals surface area (Å²) in [6, 6.07) is 4.10. The van der Waals surface area contributed by atoms with Crippen LogP contribution >= 0.6 is 24.0 Å². The molecule has 0 aromatic carbocycles. The summed E-state index contributed by atoms with van der Waals surface area (Å²) in [7, 11) is 0.